The second-order valence-electron chi connectivity index (χ2n) is 3.80. The van der Waals surface area contributed by atoms with Gasteiger partial charge in [-0.05, 0) is 19.3 Å². The molecule has 1 aliphatic rings. The van der Waals surface area contributed by atoms with Crippen LogP contribution in [0.25, 0.3) is 0 Å². The number of ether oxygens (including phenoxy) is 1. The molecule has 0 saturated heterocycles. The molecule has 84 valence electrons. The Bertz CT molecular complexity index is 482. The zero-order valence-corrected chi connectivity index (χ0v) is 9.12. The van der Waals surface area contributed by atoms with Gasteiger partial charge < -0.3 is 15.0 Å². The molecule has 1 aliphatic heterocycles. The zero-order chi connectivity index (χ0) is 11.7. The van der Waals surface area contributed by atoms with Gasteiger partial charge in [0.25, 0.3) is 0 Å². The van der Waals surface area contributed by atoms with Gasteiger partial charge in [-0.3, -0.25) is 0 Å². The van der Waals surface area contributed by atoms with Crippen LogP contribution in [-0.4, -0.2) is 17.6 Å². The van der Waals surface area contributed by atoms with Gasteiger partial charge in [0.15, 0.2) is 5.69 Å². The fourth-order valence-electron chi connectivity index (χ4n) is 2.20. The van der Waals surface area contributed by atoms with Crippen LogP contribution in [0.15, 0.2) is 0 Å². The molecule has 2 heterocycles. The molecule has 0 bridgehead atoms. The minimum Gasteiger partial charge on any atom is -0.464 e. The smallest absolute Gasteiger partial charge is 0.356 e. The number of carbonyl (C=O) groups excluding carboxylic acids is 1. The van der Waals surface area contributed by atoms with Gasteiger partial charge >= 0.3 is 5.97 Å². The highest BCUT2D eigenvalue weighted by molar-refractivity contribution is 5.95. The number of aromatic nitrogens is 1. The Kier molecular flexibility index (Phi) is 2.57. The fraction of sp³-hybridized carbons (Fsp3) is 0.455. The molecule has 0 aliphatic carbocycles. The number of esters is 1. The van der Waals surface area contributed by atoms with Crippen molar-refractivity contribution in [3.63, 3.8) is 0 Å². The Morgan fingerprint density at radius 1 is 1.56 bits per heavy atom. The maximum absolute atomic E-state index is 11.6. The number of anilines is 1. The predicted octanol–water partition coefficient (Wildman–Crippen LogP) is 1.06. The molecule has 16 heavy (non-hydrogen) atoms. The maximum Gasteiger partial charge on any atom is 0.356 e. The van der Waals surface area contributed by atoms with Gasteiger partial charge in [-0.25, -0.2) is 4.79 Å². The second kappa shape index (κ2) is 3.89. The van der Waals surface area contributed by atoms with Crippen LogP contribution in [0.5, 0.6) is 0 Å². The lowest BCUT2D eigenvalue weighted by molar-refractivity contribution is 0.0588. The number of rotatable bonds is 1. The van der Waals surface area contributed by atoms with Crippen molar-refractivity contribution in [2.45, 2.75) is 25.8 Å². The minimum absolute atomic E-state index is 0.256. The van der Waals surface area contributed by atoms with E-state index in [4.69, 9.17) is 15.7 Å². The van der Waals surface area contributed by atoms with Crippen LogP contribution in [0.1, 0.15) is 34.6 Å². The molecule has 5 nitrogen and oxygen atoms in total. The van der Waals surface area contributed by atoms with Crippen LogP contribution in [0, 0.1) is 11.3 Å². The average molecular weight is 219 g/mol. The first-order chi connectivity index (χ1) is 7.70. The first-order valence-electron chi connectivity index (χ1n) is 5.20. The van der Waals surface area contributed by atoms with Gasteiger partial charge in [-0.2, -0.15) is 5.26 Å². The van der Waals surface area contributed by atoms with E-state index in [9.17, 15) is 4.79 Å². The van der Waals surface area contributed by atoms with E-state index in [2.05, 4.69) is 6.07 Å². The molecule has 2 rings (SSSR count). The summed E-state index contributed by atoms with van der Waals surface area (Å²) in [6, 6.07) is 2.07. The monoisotopic (exact) mass is 219 g/mol. The van der Waals surface area contributed by atoms with Gasteiger partial charge in [0, 0.05) is 12.2 Å². The molecule has 0 unspecified atom stereocenters. The summed E-state index contributed by atoms with van der Waals surface area (Å²) in [4.78, 5) is 11.6. The third-order valence-electron chi connectivity index (χ3n) is 2.94. The van der Waals surface area contributed by atoms with E-state index in [0.717, 1.165) is 31.5 Å². The first-order valence-corrected chi connectivity index (χ1v) is 5.20. The summed E-state index contributed by atoms with van der Waals surface area (Å²) in [6.45, 7) is 0.728. The molecule has 0 saturated carbocycles. The molecule has 5 heteroatoms. The van der Waals surface area contributed by atoms with Gasteiger partial charge in [-0.15, -0.1) is 0 Å². The minimum atomic E-state index is -0.470. The zero-order valence-electron chi connectivity index (χ0n) is 9.12. The molecule has 0 atom stereocenters. The van der Waals surface area contributed by atoms with Crippen LogP contribution in [0.4, 0.5) is 5.69 Å². The van der Waals surface area contributed by atoms with E-state index >= 15 is 0 Å². The molecule has 1 aromatic heterocycles. The van der Waals surface area contributed by atoms with Gasteiger partial charge in [-0.1, -0.05) is 0 Å². The van der Waals surface area contributed by atoms with Crippen LogP contribution in [0.3, 0.4) is 0 Å². The molecular formula is C11H13N3O2. The van der Waals surface area contributed by atoms with Crippen LogP contribution in [0.2, 0.25) is 0 Å². The first kappa shape index (κ1) is 10.6. The summed E-state index contributed by atoms with van der Waals surface area (Å²) >= 11 is 0. The highest BCUT2D eigenvalue weighted by Gasteiger charge is 2.27. The summed E-state index contributed by atoms with van der Waals surface area (Å²) in [5.74, 6) is -0.470. The third kappa shape index (κ3) is 1.34. The van der Waals surface area contributed by atoms with Crippen molar-refractivity contribution < 1.29 is 9.53 Å². The van der Waals surface area contributed by atoms with Gasteiger partial charge in [0.05, 0.1) is 18.4 Å². The highest BCUT2D eigenvalue weighted by Crippen LogP contribution is 2.30. The maximum atomic E-state index is 11.6. The lowest BCUT2D eigenvalue weighted by Crippen LogP contribution is -2.17. The quantitative estimate of drug-likeness (QED) is 0.716. The van der Waals surface area contributed by atoms with Gasteiger partial charge in [0.2, 0.25) is 0 Å². The molecule has 0 fully saturated rings. The van der Waals surface area contributed by atoms with E-state index < -0.39 is 5.97 Å². The van der Waals surface area contributed by atoms with E-state index in [0.29, 0.717) is 11.3 Å². The predicted molar refractivity (Wildman–Crippen MR) is 57.8 cm³/mol. The van der Waals surface area contributed by atoms with Crippen molar-refractivity contribution in [2.24, 2.45) is 0 Å². The molecule has 1 aromatic rings. The molecule has 0 amide bonds. The van der Waals surface area contributed by atoms with Crippen molar-refractivity contribution in [1.82, 2.24) is 4.57 Å². The number of methoxy groups -OCH3 is 1. The topological polar surface area (TPSA) is 81.0 Å². The van der Waals surface area contributed by atoms with Crippen LogP contribution >= 0.6 is 0 Å². The van der Waals surface area contributed by atoms with Crippen molar-refractivity contribution in [1.29, 1.82) is 5.26 Å². The lowest BCUT2D eigenvalue weighted by Gasteiger charge is -2.16. The standard InChI is InChI=1S/C11H13N3O2/c1-16-11(15)10-9(13)7(6-12)8-4-2-3-5-14(8)10/h2-5,13H2,1H3. The SMILES string of the molecule is COC(=O)c1c(N)c(C#N)c2n1CCCC2. The largest absolute Gasteiger partial charge is 0.464 e. The van der Waals surface area contributed by atoms with E-state index in [-0.39, 0.29) is 5.69 Å². The lowest BCUT2D eigenvalue weighted by atomic mass is 10.1. The molecular weight excluding hydrogens is 206 g/mol. The highest BCUT2D eigenvalue weighted by atomic mass is 16.5. The number of fused-ring (bicyclic) bond motifs is 1. The average Bonchev–Trinajstić information content (AvgIpc) is 2.60. The summed E-state index contributed by atoms with van der Waals surface area (Å²) < 4.78 is 6.51. The summed E-state index contributed by atoms with van der Waals surface area (Å²) in [7, 11) is 1.32. The number of carbonyl (C=O) groups is 1. The number of nitrogens with zero attached hydrogens (tertiary/aromatic N) is 2. The third-order valence-corrected chi connectivity index (χ3v) is 2.94. The van der Waals surface area contributed by atoms with E-state index in [1.54, 1.807) is 0 Å². The summed E-state index contributed by atoms with van der Waals surface area (Å²) in [5.41, 5.74) is 7.71. The van der Waals surface area contributed by atoms with Crippen molar-refractivity contribution in [3.8, 4) is 6.07 Å². The Morgan fingerprint density at radius 2 is 2.31 bits per heavy atom. The van der Waals surface area contributed by atoms with Gasteiger partial charge in [0.1, 0.15) is 6.07 Å². The summed E-state index contributed by atoms with van der Waals surface area (Å²) in [6.07, 6.45) is 2.82. The Labute approximate surface area is 93.4 Å². The Hall–Kier alpha value is -1.96. The Morgan fingerprint density at radius 3 is 2.94 bits per heavy atom. The fourth-order valence-corrected chi connectivity index (χ4v) is 2.20. The summed E-state index contributed by atoms with van der Waals surface area (Å²) in [5, 5.41) is 9.05. The second-order valence-corrected chi connectivity index (χ2v) is 3.80. The van der Waals surface area contributed by atoms with Crippen molar-refractivity contribution >= 4 is 11.7 Å². The number of nitrogens with two attached hydrogens (primary N) is 1. The van der Waals surface area contributed by atoms with Crippen molar-refractivity contribution in [3.05, 3.63) is 17.0 Å². The molecule has 0 aromatic carbocycles. The van der Waals surface area contributed by atoms with Crippen LogP contribution < -0.4 is 5.73 Å². The number of hydrogen-bond acceptors (Lipinski definition) is 4. The normalized spacial score (nSPS) is 14.0. The Balaban J connectivity index is 2.65. The molecule has 0 spiro atoms. The number of hydrogen-bond donors (Lipinski definition) is 1. The van der Waals surface area contributed by atoms with E-state index in [1.807, 2.05) is 4.57 Å². The van der Waals surface area contributed by atoms with Crippen LogP contribution in [-0.2, 0) is 17.7 Å². The molecule has 2 N–H and O–H groups in total. The molecule has 0 radical (unpaired) electrons. The number of nitriles is 1. The number of nitrogen functional groups attached to an aromatic ring is 1. The van der Waals surface area contributed by atoms with E-state index in [1.165, 1.54) is 7.11 Å². The van der Waals surface area contributed by atoms with Crippen molar-refractivity contribution in [2.75, 3.05) is 12.8 Å².